The Morgan fingerprint density at radius 2 is 2.04 bits per heavy atom. The van der Waals surface area contributed by atoms with Crippen LogP contribution in [0.1, 0.15) is 39.5 Å². The zero-order valence-corrected chi connectivity index (χ0v) is 16.3. The molecule has 2 atom stereocenters. The molecule has 1 amide bonds. The number of amides is 1. The first-order valence-corrected chi connectivity index (χ1v) is 9.64. The third-order valence-corrected chi connectivity index (χ3v) is 5.58. The quantitative estimate of drug-likeness (QED) is 0.875. The molecule has 0 bridgehead atoms. The Kier molecular flexibility index (Phi) is 5.02. The standard InChI is InChI=1S/C20H23ClN4O2/c1-12-3-4-14(9-13(12)2)15-10-17(15)23-19(26)18-16(21)11-22-20(24-18)25-5-7-27-8-6-25/h3-4,9,11,15,17H,5-8,10H2,1-2H3,(H,23,26)/t15-,17+/m0/s1. The maximum absolute atomic E-state index is 12.7. The maximum atomic E-state index is 12.7. The van der Waals surface area contributed by atoms with Crippen LogP contribution in [0.3, 0.4) is 0 Å². The van der Waals surface area contributed by atoms with Crippen LogP contribution >= 0.6 is 11.6 Å². The molecular formula is C20H23ClN4O2. The van der Waals surface area contributed by atoms with Gasteiger partial charge in [-0.05, 0) is 37.0 Å². The summed E-state index contributed by atoms with van der Waals surface area (Å²) in [6.45, 7) is 6.90. The summed E-state index contributed by atoms with van der Waals surface area (Å²) < 4.78 is 5.35. The number of hydrogen-bond donors (Lipinski definition) is 1. The zero-order chi connectivity index (χ0) is 19.0. The van der Waals surface area contributed by atoms with E-state index in [-0.39, 0.29) is 22.7 Å². The minimum absolute atomic E-state index is 0.123. The van der Waals surface area contributed by atoms with Crippen molar-refractivity contribution in [1.29, 1.82) is 0 Å². The summed E-state index contributed by atoms with van der Waals surface area (Å²) in [6, 6.07) is 6.61. The van der Waals surface area contributed by atoms with Gasteiger partial charge >= 0.3 is 0 Å². The van der Waals surface area contributed by atoms with Gasteiger partial charge in [0.2, 0.25) is 5.95 Å². The van der Waals surface area contributed by atoms with Crippen LogP contribution < -0.4 is 10.2 Å². The molecule has 1 aliphatic heterocycles. The van der Waals surface area contributed by atoms with Crippen molar-refractivity contribution >= 4 is 23.5 Å². The Hall–Kier alpha value is -2.18. The molecule has 0 spiro atoms. The number of nitrogens with zero attached hydrogens (tertiary/aromatic N) is 3. The number of aromatic nitrogens is 2. The summed E-state index contributed by atoms with van der Waals surface area (Å²) in [6.07, 6.45) is 2.44. The molecule has 27 heavy (non-hydrogen) atoms. The van der Waals surface area contributed by atoms with Crippen LogP contribution in [0.4, 0.5) is 5.95 Å². The van der Waals surface area contributed by atoms with Crippen LogP contribution in [-0.4, -0.2) is 48.2 Å². The van der Waals surface area contributed by atoms with Gasteiger partial charge in [-0.1, -0.05) is 29.8 Å². The second kappa shape index (κ2) is 7.44. The molecule has 4 rings (SSSR count). The van der Waals surface area contributed by atoms with Crippen LogP contribution in [0.5, 0.6) is 0 Å². The first kappa shape index (κ1) is 18.2. The van der Waals surface area contributed by atoms with Crippen molar-refractivity contribution in [2.45, 2.75) is 32.2 Å². The van der Waals surface area contributed by atoms with E-state index in [1.54, 1.807) is 0 Å². The first-order chi connectivity index (χ1) is 13.0. The lowest BCUT2D eigenvalue weighted by molar-refractivity contribution is 0.0945. The molecule has 1 aromatic heterocycles. The number of benzene rings is 1. The van der Waals surface area contributed by atoms with E-state index >= 15 is 0 Å². The number of carbonyl (C=O) groups excluding carboxylic acids is 1. The largest absolute Gasteiger partial charge is 0.378 e. The Labute approximate surface area is 163 Å². The van der Waals surface area contributed by atoms with Crippen LogP contribution in [0.15, 0.2) is 24.4 Å². The van der Waals surface area contributed by atoms with Crippen molar-refractivity contribution in [3.8, 4) is 0 Å². The predicted molar refractivity (Wildman–Crippen MR) is 105 cm³/mol. The van der Waals surface area contributed by atoms with E-state index in [0.29, 0.717) is 38.2 Å². The minimum atomic E-state index is -0.242. The van der Waals surface area contributed by atoms with E-state index < -0.39 is 0 Å². The fourth-order valence-electron chi connectivity index (χ4n) is 3.39. The maximum Gasteiger partial charge on any atom is 0.271 e. The molecule has 6 nitrogen and oxygen atoms in total. The van der Waals surface area contributed by atoms with Gasteiger partial charge in [0.25, 0.3) is 5.91 Å². The van der Waals surface area contributed by atoms with Crippen LogP contribution in [0.25, 0.3) is 0 Å². The van der Waals surface area contributed by atoms with Gasteiger partial charge in [0.1, 0.15) is 0 Å². The molecule has 2 aliphatic rings. The fourth-order valence-corrected chi connectivity index (χ4v) is 3.56. The molecule has 2 aromatic rings. The molecule has 1 saturated carbocycles. The van der Waals surface area contributed by atoms with Gasteiger partial charge in [0.05, 0.1) is 24.4 Å². The third kappa shape index (κ3) is 3.92. The lowest BCUT2D eigenvalue weighted by atomic mass is 10.0. The number of hydrogen-bond acceptors (Lipinski definition) is 5. The average Bonchev–Trinajstić information content (AvgIpc) is 3.44. The first-order valence-electron chi connectivity index (χ1n) is 9.26. The lowest BCUT2D eigenvalue weighted by Gasteiger charge is -2.26. The average molecular weight is 387 g/mol. The molecule has 0 unspecified atom stereocenters. The molecule has 1 aliphatic carbocycles. The molecular weight excluding hydrogens is 364 g/mol. The van der Waals surface area contributed by atoms with Gasteiger partial charge in [0, 0.05) is 25.0 Å². The van der Waals surface area contributed by atoms with Crippen molar-refractivity contribution in [2.24, 2.45) is 0 Å². The highest BCUT2D eigenvalue weighted by Gasteiger charge is 2.40. The molecule has 2 fully saturated rings. The third-order valence-electron chi connectivity index (χ3n) is 5.31. The Balaban J connectivity index is 1.45. The SMILES string of the molecule is Cc1ccc([C@@H]2C[C@H]2NC(=O)c2nc(N3CCOCC3)ncc2Cl)cc1C. The van der Waals surface area contributed by atoms with Gasteiger partial charge in [-0.2, -0.15) is 0 Å². The molecule has 1 saturated heterocycles. The second-order valence-corrected chi connectivity index (χ2v) is 7.64. The number of aryl methyl sites for hydroxylation is 2. The summed E-state index contributed by atoms with van der Waals surface area (Å²) >= 11 is 6.20. The molecule has 142 valence electrons. The van der Waals surface area contributed by atoms with Crippen molar-refractivity contribution in [3.05, 3.63) is 51.8 Å². The van der Waals surface area contributed by atoms with E-state index in [9.17, 15) is 4.79 Å². The van der Waals surface area contributed by atoms with Crippen LogP contribution in [0, 0.1) is 13.8 Å². The number of carbonyl (C=O) groups is 1. The summed E-state index contributed by atoms with van der Waals surface area (Å²) in [4.78, 5) is 23.4. The number of halogens is 1. The van der Waals surface area contributed by atoms with Gasteiger partial charge in [-0.3, -0.25) is 4.79 Å². The van der Waals surface area contributed by atoms with Gasteiger partial charge < -0.3 is 15.0 Å². The van der Waals surface area contributed by atoms with Gasteiger partial charge in [0.15, 0.2) is 5.69 Å². The Morgan fingerprint density at radius 3 is 2.78 bits per heavy atom. The van der Waals surface area contributed by atoms with E-state index in [0.717, 1.165) is 6.42 Å². The molecule has 0 radical (unpaired) electrons. The van der Waals surface area contributed by atoms with E-state index in [4.69, 9.17) is 16.3 Å². The predicted octanol–water partition coefficient (Wildman–Crippen LogP) is 2.87. The molecule has 1 N–H and O–H groups in total. The van der Waals surface area contributed by atoms with Crippen molar-refractivity contribution in [1.82, 2.24) is 15.3 Å². The number of rotatable bonds is 4. The van der Waals surface area contributed by atoms with Crippen molar-refractivity contribution in [3.63, 3.8) is 0 Å². The summed E-state index contributed by atoms with van der Waals surface area (Å²) in [5.74, 6) is 0.634. The second-order valence-electron chi connectivity index (χ2n) is 7.23. The Bertz CT molecular complexity index is 867. The Morgan fingerprint density at radius 1 is 1.26 bits per heavy atom. The summed E-state index contributed by atoms with van der Waals surface area (Å²) in [5.41, 5.74) is 4.06. The highest BCUT2D eigenvalue weighted by Crippen LogP contribution is 2.41. The van der Waals surface area contributed by atoms with E-state index in [1.807, 2.05) is 4.90 Å². The highest BCUT2D eigenvalue weighted by atomic mass is 35.5. The fraction of sp³-hybridized carbons (Fsp3) is 0.450. The number of ether oxygens (including phenoxy) is 1. The normalized spacial score (nSPS) is 21.8. The van der Waals surface area contributed by atoms with Gasteiger partial charge in [-0.15, -0.1) is 0 Å². The minimum Gasteiger partial charge on any atom is -0.378 e. The van der Waals surface area contributed by atoms with E-state index in [1.165, 1.54) is 22.9 Å². The van der Waals surface area contributed by atoms with Crippen molar-refractivity contribution in [2.75, 3.05) is 31.2 Å². The number of nitrogens with one attached hydrogen (secondary N) is 1. The van der Waals surface area contributed by atoms with E-state index in [2.05, 4.69) is 47.3 Å². The highest BCUT2D eigenvalue weighted by molar-refractivity contribution is 6.33. The molecule has 2 heterocycles. The lowest BCUT2D eigenvalue weighted by Crippen LogP contribution is -2.38. The van der Waals surface area contributed by atoms with Gasteiger partial charge in [-0.25, -0.2) is 9.97 Å². The number of morpholine rings is 1. The molecule has 1 aromatic carbocycles. The topological polar surface area (TPSA) is 67.4 Å². The molecule has 7 heteroatoms. The van der Waals surface area contributed by atoms with Crippen molar-refractivity contribution < 1.29 is 9.53 Å². The van der Waals surface area contributed by atoms with Crippen LogP contribution in [-0.2, 0) is 4.74 Å². The van der Waals surface area contributed by atoms with Crippen LogP contribution in [0.2, 0.25) is 5.02 Å². The summed E-state index contributed by atoms with van der Waals surface area (Å²) in [7, 11) is 0. The smallest absolute Gasteiger partial charge is 0.271 e. The zero-order valence-electron chi connectivity index (χ0n) is 15.5. The number of anilines is 1. The monoisotopic (exact) mass is 386 g/mol. The summed E-state index contributed by atoms with van der Waals surface area (Å²) in [5, 5.41) is 3.34.